The SMILES string of the molecule is CCSc1ccccc1NC(=O)c1ccc(C(=O)N2CCOCC2)cc1. The molecule has 5 nitrogen and oxygen atoms in total. The van der Waals surface area contributed by atoms with Gasteiger partial charge in [-0.05, 0) is 42.2 Å². The highest BCUT2D eigenvalue weighted by Crippen LogP contribution is 2.27. The third kappa shape index (κ3) is 4.45. The van der Waals surface area contributed by atoms with Gasteiger partial charge in [0.2, 0.25) is 0 Å². The molecule has 0 aromatic heterocycles. The fraction of sp³-hybridized carbons (Fsp3) is 0.300. The molecule has 2 amide bonds. The smallest absolute Gasteiger partial charge is 0.255 e. The average Bonchev–Trinajstić information content (AvgIpc) is 2.70. The maximum Gasteiger partial charge on any atom is 0.255 e. The Balaban J connectivity index is 1.68. The van der Waals surface area contributed by atoms with Crippen LogP contribution in [0, 0.1) is 0 Å². The number of rotatable bonds is 5. The van der Waals surface area contributed by atoms with Gasteiger partial charge >= 0.3 is 0 Å². The number of ether oxygens (including phenoxy) is 1. The predicted octanol–water partition coefficient (Wildman–Crippen LogP) is 3.52. The van der Waals surface area contributed by atoms with Crippen LogP contribution in [0.1, 0.15) is 27.6 Å². The van der Waals surface area contributed by atoms with Crippen molar-refractivity contribution < 1.29 is 14.3 Å². The number of carbonyl (C=O) groups is 2. The number of hydrogen-bond donors (Lipinski definition) is 1. The molecule has 0 atom stereocenters. The Morgan fingerprint density at radius 1 is 1.04 bits per heavy atom. The zero-order chi connectivity index (χ0) is 18.4. The molecule has 3 rings (SSSR count). The van der Waals surface area contributed by atoms with Crippen molar-refractivity contribution in [1.82, 2.24) is 4.90 Å². The van der Waals surface area contributed by atoms with Gasteiger partial charge in [0, 0.05) is 29.1 Å². The van der Waals surface area contributed by atoms with E-state index in [2.05, 4.69) is 12.2 Å². The molecule has 0 spiro atoms. The van der Waals surface area contributed by atoms with Gasteiger partial charge in [0.05, 0.1) is 18.9 Å². The summed E-state index contributed by atoms with van der Waals surface area (Å²) in [6.07, 6.45) is 0. The van der Waals surface area contributed by atoms with E-state index in [1.54, 1.807) is 40.9 Å². The molecule has 2 aromatic rings. The number of thioether (sulfide) groups is 1. The number of carbonyl (C=O) groups excluding carboxylic acids is 2. The third-order valence-electron chi connectivity index (χ3n) is 4.13. The first-order valence-electron chi connectivity index (χ1n) is 8.69. The zero-order valence-electron chi connectivity index (χ0n) is 14.7. The lowest BCUT2D eigenvalue weighted by Gasteiger charge is -2.26. The quantitative estimate of drug-likeness (QED) is 0.818. The normalized spacial score (nSPS) is 14.1. The number of anilines is 1. The monoisotopic (exact) mass is 370 g/mol. The standard InChI is InChI=1S/C20H22N2O3S/c1-2-26-18-6-4-3-5-17(18)21-19(23)15-7-9-16(10-8-15)20(24)22-11-13-25-14-12-22/h3-10H,2,11-14H2,1H3,(H,21,23). The van der Waals surface area contributed by atoms with Crippen molar-refractivity contribution in [2.75, 3.05) is 37.4 Å². The summed E-state index contributed by atoms with van der Waals surface area (Å²) < 4.78 is 5.27. The topological polar surface area (TPSA) is 58.6 Å². The number of nitrogens with zero attached hydrogens (tertiary/aromatic N) is 1. The lowest BCUT2D eigenvalue weighted by Crippen LogP contribution is -2.40. The molecule has 26 heavy (non-hydrogen) atoms. The van der Waals surface area contributed by atoms with Gasteiger partial charge in [-0.15, -0.1) is 11.8 Å². The Morgan fingerprint density at radius 2 is 1.69 bits per heavy atom. The van der Waals surface area contributed by atoms with Gasteiger partial charge in [0.1, 0.15) is 0 Å². The van der Waals surface area contributed by atoms with Crippen LogP contribution in [0.25, 0.3) is 0 Å². The first-order chi connectivity index (χ1) is 12.7. The van der Waals surface area contributed by atoms with Crippen LogP contribution in [0.4, 0.5) is 5.69 Å². The Kier molecular flexibility index (Phi) is 6.30. The van der Waals surface area contributed by atoms with E-state index in [0.29, 0.717) is 37.4 Å². The second-order valence-corrected chi connectivity index (χ2v) is 7.17. The van der Waals surface area contributed by atoms with Crippen LogP contribution in [0.3, 0.4) is 0 Å². The molecule has 0 saturated carbocycles. The van der Waals surface area contributed by atoms with E-state index < -0.39 is 0 Å². The van der Waals surface area contributed by atoms with Crippen LogP contribution in [-0.4, -0.2) is 48.8 Å². The predicted molar refractivity (Wildman–Crippen MR) is 104 cm³/mol. The Labute approximate surface area is 157 Å². The largest absolute Gasteiger partial charge is 0.378 e. The average molecular weight is 370 g/mol. The summed E-state index contributed by atoms with van der Waals surface area (Å²) in [7, 11) is 0. The zero-order valence-corrected chi connectivity index (χ0v) is 15.6. The first kappa shape index (κ1) is 18.5. The summed E-state index contributed by atoms with van der Waals surface area (Å²) >= 11 is 1.69. The second kappa shape index (κ2) is 8.87. The van der Waals surface area contributed by atoms with E-state index >= 15 is 0 Å². The fourth-order valence-corrected chi connectivity index (χ4v) is 3.52. The van der Waals surface area contributed by atoms with Crippen LogP contribution < -0.4 is 5.32 Å². The molecule has 0 bridgehead atoms. The van der Waals surface area contributed by atoms with Gasteiger partial charge in [-0.3, -0.25) is 9.59 Å². The molecule has 6 heteroatoms. The van der Waals surface area contributed by atoms with Crippen molar-refractivity contribution in [2.24, 2.45) is 0 Å². The Hall–Kier alpha value is -2.31. The molecule has 0 aliphatic carbocycles. The van der Waals surface area contributed by atoms with Crippen LogP contribution in [0.15, 0.2) is 53.4 Å². The minimum Gasteiger partial charge on any atom is -0.378 e. The van der Waals surface area contributed by atoms with E-state index in [0.717, 1.165) is 16.3 Å². The van der Waals surface area contributed by atoms with Crippen molar-refractivity contribution in [3.05, 3.63) is 59.7 Å². The van der Waals surface area contributed by atoms with Gasteiger partial charge in [0.15, 0.2) is 0 Å². The lowest BCUT2D eigenvalue weighted by molar-refractivity contribution is 0.0303. The number of morpholine rings is 1. The second-order valence-electron chi connectivity index (χ2n) is 5.87. The van der Waals surface area contributed by atoms with Gasteiger partial charge in [-0.2, -0.15) is 0 Å². The summed E-state index contributed by atoms with van der Waals surface area (Å²) in [6.45, 7) is 4.43. The minimum absolute atomic E-state index is 0.0232. The van der Waals surface area contributed by atoms with E-state index in [1.165, 1.54) is 0 Å². The highest BCUT2D eigenvalue weighted by molar-refractivity contribution is 7.99. The molecule has 1 aliphatic rings. The van der Waals surface area contributed by atoms with Crippen molar-refractivity contribution in [3.63, 3.8) is 0 Å². The number of hydrogen-bond acceptors (Lipinski definition) is 4. The van der Waals surface area contributed by atoms with E-state index in [9.17, 15) is 9.59 Å². The van der Waals surface area contributed by atoms with E-state index in [-0.39, 0.29) is 11.8 Å². The molecule has 1 N–H and O–H groups in total. The molecule has 0 unspecified atom stereocenters. The molecular weight excluding hydrogens is 348 g/mol. The minimum atomic E-state index is -0.181. The summed E-state index contributed by atoms with van der Waals surface area (Å²) in [5.41, 5.74) is 1.92. The van der Waals surface area contributed by atoms with Gasteiger partial charge in [-0.1, -0.05) is 19.1 Å². The van der Waals surface area contributed by atoms with Crippen LogP contribution in [0.2, 0.25) is 0 Å². The number of benzene rings is 2. The molecule has 2 aromatic carbocycles. The lowest BCUT2D eigenvalue weighted by atomic mass is 10.1. The molecular formula is C20H22N2O3S. The van der Waals surface area contributed by atoms with Crippen molar-refractivity contribution >= 4 is 29.3 Å². The molecule has 1 aliphatic heterocycles. The van der Waals surface area contributed by atoms with E-state index in [4.69, 9.17) is 4.74 Å². The van der Waals surface area contributed by atoms with Gasteiger partial charge in [-0.25, -0.2) is 0 Å². The third-order valence-corrected chi connectivity index (χ3v) is 5.08. The fourth-order valence-electron chi connectivity index (χ4n) is 2.76. The molecule has 1 fully saturated rings. The molecule has 0 radical (unpaired) electrons. The van der Waals surface area contributed by atoms with Gasteiger partial charge in [0.25, 0.3) is 11.8 Å². The van der Waals surface area contributed by atoms with Crippen LogP contribution >= 0.6 is 11.8 Å². The maximum atomic E-state index is 12.5. The Bertz CT molecular complexity index is 771. The highest BCUT2D eigenvalue weighted by Gasteiger charge is 2.18. The van der Waals surface area contributed by atoms with Crippen molar-refractivity contribution in [2.45, 2.75) is 11.8 Å². The summed E-state index contributed by atoms with van der Waals surface area (Å²) in [5.74, 6) is 0.732. The highest BCUT2D eigenvalue weighted by atomic mass is 32.2. The summed E-state index contributed by atoms with van der Waals surface area (Å²) in [4.78, 5) is 27.8. The molecule has 1 heterocycles. The van der Waals surface area contributed by atoms with Gasteiger partial charge < -0.3 is 15.0 Å². The molecule has 1 saturated heterocycles. The summed E-state index contributed by atoms with van der Waals surface area (Å²) in [6, 6.07) is 14.6. The molecule has 136 valence electrons. The number of para-hydroxylation sites is 1. The van der Waals surface area contributed by atoms with Crippen LogP contribution in [-0.2, 0) is 4.74 Å². The van der Waals surface area contributed by atoms with E-state index in [1.807, 2.05) is 24.3 Å². The number of nitrogens with one attached hydrogen (secondary N) is 1. The Morgan fingerprint density at radius 3 is 2.38 bits per heavy atom. The maximum absolute atomic E-state index is 12.5. The van der Waals surface area contributed by atoms with Crippen LogP contribution in [0.5, 0.6) is 0 Å². The number of amides is 2. The van der Waals surface area contributed by atoms with Crippen molar-refractivity contribution in [3.8, 4) is 0 Å². The summed E-state index contributed by atoms with van der Waals surface area (Å²) in [5, 5.41) is 2.95. The first-order valence-corrected chi connectivity index (χ1v) is 9.68. The van der Waals surface area contributed by atoms with Crippen molar-refractivity contribution in [1.29, 1.82) is 0 Å².